The number of hydrogen-bond acceptors (Lipinski definition) is 4. The van der Waals surface area contributed by atoms with Gasteiger partial charge in [-0.25, -0.2) is 8.42 Å². The number of sulfonamides is 1. The molecule has 0 unspecified atom stereocenters. The van der Waals surface area contributed by atoms with Gasteiger partial charge in [0, 0.05) is 12.6 Å². The Labute approximate surface area is 245 Å². The fraction of sp³-hybridized carbons (Fsp3) is 0.576. The molecule has 0 saturated heterocycles. The third kappa shape index (κ3) is 6.47. The molecule has 0 radical (unpaired) electrons. The number of carbonyl (C=O) groups excluding carboxylic acids is 2. The molecule has 0 aliphatic heterocycles. The number of nitrogens with zero attached hydrogens (tertiary/aromatic N) is 2. The Hall–Kier alpha value is -2.87. The van der Waals surface area contributed by atoms with Crippen LogP contribution in [0.5, 0.6) is 0 Å². The van der Waals surface area contributed by atoms with Gasteiger partial charge in [-0.2, -0.15) is 0 Å². The second-order valence-electron chi connectivity index (χ2n) is 13.1. The zero-order valence-corrected chi connectivity index (χ0v) is 25.7. The van der Waals surface area contributed by atoms with Gasteiger partial charge in [-0.3, -0.25) is 13.9 Å². The largest absolute Gasteiger partial charge is 0.352 e. The van der Waals surface area contributed by atoms with Crippen molar-refractivity contribution in [3.8, 4) is 0 Å². The minimum absolute atomic E-state index is 0.0785. The number of nitrogens with one attached hydrogen (secondary N) is 1. The van der Waals surface area contributed by atoms with Crippen molar-refractivity contribution >= 4 is 27.5 Å². The van der Waals surface area contributed by atoms with Crippen LogP contribution >= 0.6 is 0 Å². The summed E-state index contributed by atoms with van der Waals surface area (Å²) in [6.45, 7) is 5.48. The lowest BCUT2D eigenvalue weighted by Gasteiger charge is -2.57. The first kappa shape index (κ1) is 29.6. The average molecular weight is 580 g/mol. The van der Waals surface area contributed by atoms with E-state index in [1.807, 2.05) is 63.2 Å². The Morgan fingerprint density at radius 3 is 1.98 bits per heavy atom. The van der Waals surface area contributed by atoms with E-state index in [0.717, 1.165) is 29.6 Å². The quantitative estimate of drug-likeness (QED) is 0.394. The molecule has 4 aliphatic rings. The SMILES string of the molecule is CC[C@@H](C(=O)NC(C)C)N(Cc1ccccc1)C(=O)CN(c1ccc(C23CC4CC(CC(C4)C2)C3)cc1)S(C)(=O)=O. The van der Waals surface area contributed by atoms with E-state index in [9.17, 15) is 18.0 Å². The summed E-state index contributed by atoms with van der Waals surface area (Å²) in [5.74, 6) is 1.82. The summed E-state index contributed by atoms with van der Waals surface area (Å²) in [4.78, 5) is 28.6. The second-order valence-corrected chi connectivity index (χ2v) is 15.0. The molecule has 2 amide bonds. The van der Waals surface area contributed by atoms with Gasteiger partial charge < -0.3 is 10.2 Å². The Balaban J connectivity index is 1.40. The van der Waals surface area contributed by atoms with Gasteiger partial charge in [0.2, 0.25) is 21.8 Å². The summed E-state index contributed by atoms with van der Waals surface area (Å²) >= 11 is 0. The maximum absolute atomic E-state index is 13.9. The highest BCUT2D eigenvalue weighted by molar-refractivity contribution is 7.92. The van der Waals surface area contributed by atoms with E-state index in [1.165, 1.54) is 53.3 Å². The van der Waals surface area contributed by atoms with Crippen LogP contribution in [-0.4, -0.2) is 50.0 Å². The number of hydrogen-bond donors (Lipinski definition) is 1. The summed E-state index contributed by atoms with van der Waals surface area (Å²) in [5.41, 5.74) is 2.88. The van der Waals surface area contributed by atoms with E-state index in [0.29, 0.717) is 12.1 Å². The van der Waals surface area contributed by atoms with Gasteiger partial charge in [0.25, 0.3) is 0 Å². The van der Waals surface area contributed by atoms with Crippen molar-refractivity contribution in [2.75, 3.05) is 17.1 Å². The van der Waals surface area contributed by atoms with Crippen molar-refractivity contribution in [1.82, 2.24) is 10.2 Å². The second kappa shape index (κ2) is 11.8. The molecule has 0 aromatic heterocycles. The molecule has 222 valence electrons. The molecular formula is C33H45N3O4S. The van der Waals surface area contributed by atoms with E-state index in [4.69, 9.17) is 0 Å². The molecule has 4 saturated carbocycles. The molecule has 0 heterocycles. The lowest BCUT2D eigenvalue weighted by Crippen LogP contribution is -2.53. The molecule has 7 nitrogen and oxygen atoms in total. The molecule has 4 bridgehead atoms. The third-order valence-corrected chi connectivity index (χ3v) is 10.6. The van der Waals surface area contributed by atoms with Crippen molar-refractivity contribution < 1.29 is 18.0 Å². The van der Waals surface area contributed by atoms with Crippen molar-refractivity contribution in [2.45, 2.75) is 89.8 Å². The van der Waals surface area contributed by atoms with Gasteiger partial charge in [-0.1, -0.05) is 49.4 Å². The molecule has 1 atom stereocenters. The lowest BCUT2D eigenvalue weighted by atomic mass is 9.48. The third-order valence-electron chi connectivity index (χ3n) is 9.50. The highest BCUT2D eigenvalue weighted by Gasteiger charge is 2.51. The van der Waals surface area contributed by atoms with Crippen molar-refractivity contribution in [3.63, 3.8) is 0 Å². The zero-order valence-electron chi connectivity index (χ0n) is 24.9. The fourth-order valence-corrected chi connectivity index (χ4v) is 8.99. The van der Waals surface area contributed by atoms with Crippen LogP contribution in [0.25, 0.3) is 0 Å². The lowest BCUT2D eigenvalue weighted by molar-refractivity contribution is -0.140. The molecule has 4 aliphatic carbocycles. The molecule has 6 rings (SSSR count). The Morgan fingerprint density at radius 2 is 1.49 bits per heavy atom. The normalized spacial score (nSPS) is 25.6. The van der Waals surface area contributed by atoms with Crippen LogP contribution in [0, 0.1) is 17.8 Å². The summed E-state index contributed by atoms with van der Waals surface area (Å²) < 4.78 is 27.3. The summed E-state index contributed by atoms with van der Waals surface area (Å²) in [6.07, 6.45) is 9.36. The van der Waals surface area contributed by atoms with Crippen LogP contribution in [0.1, 0.15) is 76.8 Å². The maximum Gasteiger partial charge on any atom is 0.244 e. The standard InChI is InChI=1S/C33H45N3O4S/c1-5-30(32(38)34-23(2)3)35(21-24-9-7-6-8-10-24)31(37)22-36(41(4,39)40)29-13-11-28(12-14-29)33-18-25-15-26(19-33)17-27(16-25)20-33/h6-14,23,25-27,30H,5,15-22H2,1-4H3,(H,34,38)/t25?,26?,27?,30-,33?/m0/s1. The Kier molecular flexibility index (Phi) is 8.51. The number of amides is 2. The minimum Gasteiger partial charge on any atom is -0.352 e. The number of carbonyl (C=O) groups is 2. The van der Waals surface area contributed by atoms with E-state index in [2.05, 4.69) is 17.4 Å². The van der Waals surface area contributed by atoms with Crippen LogP contribution in [0.2, 0.25) is 0 Å². The Bertz CT molecular complexity index is 1310. The van der Waals surface area contributed by atoms with Crippen LogP contribution < -0.4 is 9.62 Å². The van der Waals surface area contributed by atoms with Crippen LogP contribution in [0.3, 0.4) is 0 Å². The predicted octanol–water partition coefficient (Wildman–Crippen LogP) is 5.25. The topological polar surface area (TPSA) is 86.8 Å². The molecule has 1 N–H and O–H groups in total. The predicted molar refractivity (Wildman–Crippen MR) is 163 cm³/mol. The van der Waals surface area contributed by atoms with Gasteiger partial charge >= 0.3 is 0 Å². The highest BCUT2D eigenvalue weighted by Crippen LogP contribution is 2.60. The van der Waals surface area contributed by atoms with E-state index in [-0.39, 0.29) is 30.5 Å². The highest BCUT2D eigenvalue weighted by atomic mass is 32.2. The molecule has 2 aromatic carbocycles. The van der Waals surface area contributed by atoms with E-state index < -0.39 is 22.0 Å². The van der Waals surface area contributed by atoms with Gasteiger partial charge in [-0.05, 0) is 105 Å². The summed E-state index contributed by atoms with van der Waals surface area (Å²) in [5, 5.41) is 2.93. The first-order valence-corrected chi connectivity index (χ1v) is 17.0. The summed E-state index contributed by atoms with van der Waals surface area (Å²) in [6, 6.07) is 16.6. The smallest absolute Gasteiger partial charge is 0.244 e. The van der Waals surface area contributed by atoms with Gasteiger partial charge in [0.1, 0.15) is 12.6 Å². The number of rotatable bonds is 11. The summed E-state index contributed by atoms with van der Waals surface area (Å²) in [7, 11) is -3.76. The molecule has 8 heteroatoms. The van der Waals surface area contributed by atoms with Gasteiger partial charge in [0.15, 0.2) is 0 Å². The van der Waals surface area contributed by atoms with Crippen LogP contribution in [0.15, 0.2) is 54.6 Å². The molecule has 2 aromatic rings. The fourth-order valence-electron chi connectivity index (χ4n) is 8.14. The van der Waals surface area contributed by atoms with Crippen molar-refractivity contribution in [1.29, 1.82) is 0 Å². The Morgan fingerprint density at radius 1 is 0.927 bits per heavy atom. The molecule has 4 fully saturated rings. The molecule has 41 heavy (non-hydrogen) atoms. The monoisotopic (exact) mass is 579 g/mol. The first-order valence-electron chi connectivity index (χ1n) is 15.2. The average Bonchev–Trinajstić information content (AvgIpc) is 2.90. The first-order chi connectivity index (χ1) is 19.5. The molecular weight excluding hydrogens is 534 g/mol. The van der Waals surface area contributed by atoms with E-state index >= 15 is 0 Å². The zero-order chi connectivity index (χ0) is 29.4. The van der Waals surface area contributed by atoms with Crippen LogP contribution in [0.4, 0.5) is 5.69 Å². The van der Waals surface area contributed by atoms with Crippen LogP contribution in [-0.2, 0) is 31.6 Å². The van der Waals surface area contributed by atoms with E-state index in [1.54, 1.807) is 0 Å². The maximum atomic E-state index is 13.9. The van der Waals surface area contributed by atoms with Gasteiger partial charge in [0.05, 0.1) is 11.9 Å². The molecule has 0 spiro atoms. The van der Waals surface area contributed by atoms with Gasteiger partial charge in [-0.15, -0.1) is 0 Å². The number of anilines is 1. The minimum atomic E-state index is -3.76. The van der Waals surface area contributed by atoms with Crippen molar-refractivity contribution in [3.05, 3.63) is 65.7 Å². The van der Waals surface area contributed by atoms with Crippen molar-refractivity contribution in [2.24, 2.45) is 17.8 Å². The number of benzene rings is 2.